The Labute approximate surface area is 119 Å². The molecule has 0 aliphatic rings. The Morgan fingerprint density at radius 3 is 2.45 bits per heavy atom. The number of ether oxygens (including phenoxy) is 3. The summed E-state index contributed by atoms with van der Waals surface area (Å²) in [7, 11) is 0. The second-order valence-electron chi connectivity index (χ2n) is 3.60. The Hall–Kier alpha value is -1.54. The Balaban J connectivity index is 2.66. The van der Waals surface area contributed by atoms with E-state index in [2.05, 4.69) is 4.74 Å². The SMILES string of the molecule is CCOc1cc(C(N)=S)ccc1OCCOC(F)(F)F. The largest absolute Gasteiger partial charge is 0.522 e. The lowest BCUT2D eigenvalue weighted by molar-refractivity contribution is -0.325. The zero-order valence-corrected chi connectivity index (χ0v) is 11.5. The molecule has 0 fully saturated rings. The molecule has 112 valence electrons. The molecule has 0 unspecified atom stereocenters. The van der Waals surface area contributed by atoms with Crippen molar-refractivity contribution in [2.75, 3.05) is 19.8 Å². The first-order valence-corrected chi connectivity index (χ1v) is 6.14. The molecule has 0 aromatic heterocycles. The molecule has 0 amide bonds. The van der Waals surface area contributed by atoms with Crippen LogP contribution < -0.4 is 15.2 Å². The number of nitrogens with two attached hydrogens (primary N) is 1. The summed E-state index contributed by atoms with van der Waals surface area (Å²) < 4.78 is 49.5. The molecule has 1 aromatic rings. The maximum absolute atomic E-state index is 11.8. The van der Waals surface area contributed by atoms with E-state index in [-0.39, 0.29) is 11.6 Å². The highest BCUT2D eigenvalue weighted by atomic mass is 32.1. The predicted octanol–water partition coefficient (Wildman–Crippen LogP) is 2.63. The summed E-state index contributed by atoms with van der Waals surface area (Å²) in [6.07, 6.45) is -4.66. The summed E-state index contributed by atoms with van der Waals surface area (Å²) in [6.45, 7) is 1.28. The van der Waals surface area contributed by atoms with Crippen molar-refractivity contribution < 1.29 is 27.4 Å². The van der Waals surface area contributed by atoms with E-state index in [9.17, 15) is 13.2 Å². The van der Waals surface area contributed by atoms with Crippen LogP contribution in [-0.2, 0) is 4.74 Å². The molecule has 0 aliphatic carbocycles. The number of benzene rings is 1. The monoisotopic (exact) mass is 309 g/mol. The van der Waals surface area contributed by atoms with E-state index < -0.39 is 13.0 Å². The number of thiocarbonyl (C=S) groups is 1. The van der Waals surface area contributed by atoms with Gasteiger partial charge in [-0.25, -0.2) is 0 Å². The maximum Gasteiger partial charge on any atom is 0.522 e. The summed E-state index contributed by atoms with van der Waals surface area (Å²) in [6, 6.07) is 4.71. The van der Waals surface area contributed by atoms with Gasteiger partial charge < -0.3 is 15.2 Å². The highest BCUT2D eigenvalue weighted by Gasteiger charge is 2.28. The molecular weight excluding hydrogens is 295 g/mol. The Morgan fingerprint density at radius 2 is 1.90 bits per heavy atom. The molecule has 1 rings (SSSR count). The highest BCUT2D eigenvalue weighted by molar-refractivity contribution is 7.80. The van der Waals surface area contributed by atoms with Gasteiger partial charge in [0.1, 0.15) is 11.6 Å². The Bertz CT molecular complexity index is 466. The van der Waals surface area contributed by atoms with E-state index in [4.69, 9.17) is 27.4 Å². The quantitative estimate of drug-likeness (QED) is 0.620. The summed E-state index contributed by atoms with van der Waals surface area (Å²) in [5.74, 6) is 0.669. The summed E-state index contributed by atoms with van der Waals surface area (Å²) in [5, 5.41) is 0. The normalized spacial score (nSPS) is 11.2. The van der Waals surface area contributed by atoms with Crippen molar-refractivity contribution in [3.05, 3.63) is 23.8 Å². The summed E-state index contributed by atoms with van der Waals surface area (Å²) >= 11 is 4.83. The van der Waals surface area contributed by atoms with Gasteiger partial charge in [-0.15, -0.1) is 13.2 Å². The van der Waals surface area contributed by atoms with Gasteiger partial charge in [0, 0.05) is 5.56 Å². The van der Waals surface area contributed by atoms with E-state index in [1.807, 2.05) is 0 Å². The third-order valence-electron chi connectivity index (χ3n) is 2.13. The molecule has 1 aromatic carbocycles. The summed E-state index contributed by atoms with van der Waals surface area (Å²) in [5.41, 5.74) is 6.07. The zero-order valence-electron chi connectivity index (χ0n) is 10.7. The molecule has 0 spiro atoms. The molecule has 0 saturated heterocycles. The second kappa shape index (κ2) is 7.30. The minimum atomic E-state index is -4.66. The first-order chi connectivity index (χ1) is 9.33. The molecule has 2 N–H and O–H groups in total. The standard InChI is InChI=1S/C12H14F3NO3S/c1-2-17-10-7-8(11(16)20)3-4-9(10)18-5-6-19-12(13,14)15/h3-4,7H,2,5-6H2,1H3,(H2,16,20). The third kappa shape index (κ3) is 5.62. The van der Waals surface area contributed by atoms with E-state index >= 15 is 0 Å². The van der Waals surface area contributed by atoms with Crippen LogP contribution in [0.25, 0.3) is 0 Å². The predicted molar refractivity (Wildman–Crippen MR) is 71.0 cm³/mol. The number of alkyl halides is 3. The second-order valence-corrected chi connectivity index (χ2v) is 4.04. The van der Waals surface area contributed by atoms with Gasteiger partial charge in [0.05, 0.1) is 13.2 Å². The van der Waals surface area contributed by atoms with Gasteiger partial charge in [-0.05, 0) is 25.1 Å². The van der Waals surface area contributed by atoms with E-state index in [1.54, 1.807) is 19.1 Å². The van der Waals surface area contributed by atoms with Crippen LogP contribution in [0.15, 0.2) is 18.2 Å². The van der Waals surface area contributed by atoms with Crippen LogP contribution in [0.3, 0.4) is 0 Å². The zero-order chi connectivity index (χ0) is 15.2. The van der Waals surface area contributed by atoms with Crippen molar-refractivity contribution in [2.45, 2.75) is 13.3 Å². The summed E-state index contributed by atoms with van der Waals surface area (Å²) in [4.78, 5) is 0.193. The average Bonchev–Trinajstić information content (AvgIpc) is 2.35. The lowest BCUT2D eigenvalue weighted by atomic mass is 10.2. The molecule has 0 radical (unpaired) electrons. The van der Waals surface area contributed by atoms with Crippen molar-refractivity contribution in [3.63, 3.8) is 0 Å². The molecule has 0 saturated carbocycles. The van der Waals surface area contributed by atoms with Gasteiger partial charge in [-0.3, -0.25) is 4.74 Å². The van der Waals surface area contributed by atoms with Crippen LogP contribution in [0.2, 0.25) is 0 Å². The fourth-order valence-electron chi connectivity index (χ4n) is 1.36. The van der Waals surface area contributed by atoms with Crippen LogP contribution in [0.5, 0.6) is 11.5 Å². The molecule has 8 heteroatoms. The fourth-order valence-corrected chi connectivity index (χ4v) is 1.48. The van der Waals surface area contributed by atoms with Crippen LogP contribution in [-0.4, -0.2) is 31.2 Å². The number of rotatable bonds is 7. The van der Waals surface area contributed by atoms with Crippen LogP contribution >= 0.6 is 12.2 Å². The maximum atomic E-state index is 11.8. The lowest BCUT2D eigenvalue weighted by Gasteiger charge is -2.13. The van der Waals surface area contributed by atoms with Gasteiger partial charge in [0.15, 0.2) is 11.5 Å². The molecular formula is C12H14F3NO3S. The molecule has 0 aliphatic heterocycles. The minimum Gasteiger partial charge on any atom is -0.490 e. The van der Waals surface area contributed by atoms with Crippen molar-refractivity contribution in [1.29, 1.82) is 0 Å². The van der Waals surface area contributed by atoms with Crippen molar-refractivity contribution in [2.24, 2.45) is 5.73 Å². The van der Waals surface area contributed by atoms with Crippen LogP contribution in [0.1, 0.15) is 12.5 Å². The highest BCUT2D eigenvalue weighted by Crippen LogP contribution is 2.28. The van der Waals surface area contributed by atoms with Crippen LogP contribution in [0.4, 0.5) is 13.2 Å². The van der Waals surface area contributed by atoms with Gasteiger partial charge in [0.25, 0.3) is 0 Å². The van der Waals surface area contributed by atoms with Gasteiger partial charge in [0.2, 0.25) is 0 Å². The van der Waals surface area contributed by atoms with Crippen molar-refractivity contribution in [1.82, 2.24) is 0 Å². The minimum absolute atomic E-state index is 0.193. The van der Waals surface area contributed by atoms with Crippen molar-refractivity contribution in [3.8, 4) is 11.5 Å². The molecule has 0 heterocycles. The fraction of sp³-hybridized carbons (Fsp3) is 0.417. The molecule has 0 bridgehead atoms. The smallest absolute Gasteiger partial charge is 0.490 e. The topological polar surface area (TPSA) is 53.7 Å². The molecule has 20 heavy (non-hydrogen) atoms. The first-order valence-electron chi connectivity index (χ1n) is 5.73. The van der Waals surface area contributed by atoms with Gasteiger partial charge >= 0.3 is 6.36 Å². The number of halogens is 3. The molecule has 4 nitrogen and oxygen atoms in total. The average molecular weight is 309 g/mol. The Kier molecular flexibility index (Phi) is 6.03. The van der Waals surface area contributed by atoms with E-state index in [0.717, 1.165) is 0 Å². The van der Waals surface area contributed by atoms with E-state index in [1.165, 1.54) is 6.07 Å². The number of hydrogen-bond acceptors (Lipinski definition) is 4. The molecule has 0 atom stereocenters. The number of hydrogen-bond donors (Lipinski definition) is 1. The third-order valence-corrected chi connectivity index (χ3v) is 2.37. The lowest BCUT2D eigenvalue weighted by Crippen LogP contribution is -2.18. The Morgan fingerprint density at radius 1 is 1.20 bits per heavy atom. The van der Waals surface area contributed by atoms with Crippen LogP contribution in [0, 0.1) is 0 Å². The van der Waals surface area contributed by atoms with Crippen molar-refractivity contribution >= 4 is 17.2 Å². The van der Waals surface area contributed by atoms with Gasteiger partial charge in [-0.1, -0.05) is 12.2 Å². The van der Waals surface area contributed by atoms with Gasteiger partial charge in [-0.2, -0.15) is 0 Å². The van der Waals surface area contributed by atoms with E-state index in [0.29, 0.717) is 23.7 Å². The first kappa shape index (κ1) is 16.5.